The Hall–Kier alpha value is -3.03. The summed E-state index contributed by atoms with van der Waals surface area (Å²) in [5.41, 5.74) is 8.41. The van der Waals surface area contributed by atoms with Crippen LogP contribution < -0.4 is 11.1 Å². The molecule has 0 spiro atoms. The second-order valence-corrected chi connectivity index (χ2v) is 7.16. The summed E-state index contributed by atoms with van der Waals surface area (Å²) in [6.07, 6.45) is 3.59. The Morgan fingerprint density at radius 2 is 2.00 bits per heavy atom. The zero-order valence-corrected chi connectivity index (χ0v) is 15.1. The van der Waals surface area contributed by atoms with Crippen LogP contribution in [0.1, 0.15) is 21.3 Å². The summed E-state index contributed by atoms with van der Waals surface area (Å²) in [7, 11) is 0. The van der Waals surface area contributed by atoms with Crippen LogP contribution in [0.5, 0.6) is 0 Å². The van der Waals surface area contributed by atoms with Crippen LogP contribution in [0.2, 0.25) is 0 Å². The first-order valence-electron chi connectivity index (χ1n) is 8.44. The van der Waals surface area contributed by atoms with Gasteiger partial charge in [0.1, 0.15) is 11.5 Å². The normalized spacial score (nSPS) is 12.2. The fraction of sp³-hybridized carbons (Fsp3) is 0.100. The number of hydrogen-bond donors (Lipinski definition) is 3. The number of fused-ring (bicyclic) bond motifs is 1. The number of thiophene rings is 1. The average molecular weight is 380 g/mol. The number of hydrogen-bond acceptors (Lipinski definition) is 4. The first-order valence-corrected chi connectivity index (χ1v) is 9.26. The number of halogens is 1. The monoisotopic (exact) mass is 380 g/mol. The van der Waals surface area contributed by atoms with E-state index in [-0.39, 0.29) is 24.3 Å². The number of nitrogens with one attached hydrogen (secondary N) is 2. The van der Waals surface area contributed by atoms with Crippen LogP contribution in [0.4, 0.5) is 4.39 Å². The van der Waals surface area contributed by atoms with E-state index in [9.17, 15) is 9.18 Å². The van der Waals surface area contributed by atoms with Crippen LogP contribution in [0.3, 0.4) is 0 Å². The van der Waals surface area contributed by atoms with Gasteiger partial charge < -0.3 is 16.0 Å². The van der Waals surface area contributed by atoms with Crippen LogP contribution >= 0.6 is 11.3 Å². The van der Waals surface area contributed by atoms with E-state index in [1.165, 1.54) is 23.5 Å². The van der Waals surface area contributed by atoms with Crippen molar-refractivity contribution in [2.75, 3.05) is 6.54 Å². The lowest BCUT2D eigenvalue weighted by Gasteiger charge is -2.16. The van der Waals surface area contributed by atoms with E-state index in [2.05, 4.69) is 15.3 Å². The number of aromatic nitrogens is 2. The molecule has 5 nitrogen and oxygen atoms in total. The molecular weight excluding hydrogens is 363 g/mol. The van der Waals surface area contributed by atoms with Gasteiger partial charge in [-0.2, -0.15) is 0 Å². The van der Waals surface area contributed by atoms with Crippen molar-refractivity contribution >= 4 is 28.3 Å². The molecule has 136 valence electrons. The van der Waals surface area contributed by atoms with Crippen molar-refractivity contribution in [3.8, 4) is 10.4 Å². The maximum absolute atomic E-state index is 13.1. The third-order valence-electron chi connectivity index (χ3n) is 4.37. The summed E-state index contributed by atoms with van der Waals surface area (Å²) >= 11 is 1.41. The van der Waals surface area contributed by atoms with Crippen molar-refractivity contribution in [2.45, 2.75) is 6.04 Å². The first-order chi connectivity index (χ1) is 13.2. The van der Waals surface area contributed by atoms with Gasteiger partial charge in [-0.25, -0.2) is 9.37 Å². The average Bonchev–Trinajstić information content (AvgIpc) is 3.36. The van der Waals surface area contributed by atoms with Gasteiger partial charge in [-0.15, -0.1) is 11.3 Å². The number of benzene rings is 1. The molecule has 0 radical (unpaired) electrons. The first kappa shape index (κ1) is 17.4. The van der Waals surface area contributed by atoms with Crippen LogP contribution in [0, 0.1) is 5.82 Å². The predicted molar refractivity (Wildman–Crippen MR) is 105 cm³/mol. The van der Waals surface area contributed by atoms with Gasteiger partial charge in [0, 0.05) is 34.8 Å². The smallest absolute Gasteiger partial charge is 0.261 e. The zero-order chi connectivity index (χ0) is 18.8. The molecule has 3 heterocycles. The van der Waals surface area contributed by atoms with Gasteiger partial charge in [-0.3, -0.25) is 4.79 Å². The van der Waals surface area contributed by atoms with Crippen molar-refractivity contribution in [2.24, 2.45) is 5.73 Å². The van der Waals surface area contributed by atoms with Crippen LogP contribution in [0.25, 0.3) is 21.5 Å². The molecule has 4 aromatic rings. The minimum atomic E-state index is -0.374. The van der Waals surface area contributed by atoms with Gasteiger partial charge in [-0.1, -0.05) is 12.1 Å². The fourth-order valence-electron chi connectivity index (χ4n) is 2.98. The number of carbonyl (C=O) groups excluding carboxylic acids is 1. The molecule has 4 rings (SSSR count). The van der Waals surface area contributed by atoms with Gasteiger partial charge in [0.25, 0.3) is 5.91 Å². The van der Waals surface area contributed by atoms with Crippen LogP contribution in [-0.4, -0.2) is 22.4 Å². The Labute approximate surface area is 159 Å². The molecule has 27 heavy (non-hydrogen) atoms. The maximum Gasteiger partial charge on any atom is 0.261 e. The molecule has 3 aromatic heterocycles. The predicted octanol–water partition coefficient (Wildman–Crippen LogP) is 3.86. The van der Waals surface area contributed by atoms with Crippen molar-refractivity contribution < 1.29 is 9.18 Å². The highest BCUT2D eigenvalue weighted by Gasteiger charge is 2.17. The van der Waals surface area contributed by atoms with E-state index in [1.807, 2.05) is 24.4 Å². The molecule has 0 aliphatic heterocycles. The fourth-order valence-corrected chi connectivity index (χ4v) is 3.93. The zero-order valence-electron chi connectivity index (χ0n) is 14.3. The van der Waals surface area contributed by atoms with E-state index in [0.29, 0.717) is 4.88 Å². The number of carbonyl (C=O) groups is 1. The molecule has 0 aliphatic rings. The van der Waals surface area contributed by atoms with Gasteiger partial charge >= 0.3 is 0 Å². The molecule has 1 atom stereocenters. The number of rotatable bonds is 5. The second kappa shape index (κ2) is 7.30. The van der Waals surface area contributed by atoms with Gasteiger partial charge in [0.15, 0.2) is 0 Å². The summed E-state index contributed by atoms with van der Waals surface area (Å²) in [6, 6.07) is 13.2. The quantitative estimate of drug-likeness (QED) is 0.492. The van der Waals surface area contributed by atoms with Crippen LogP contribution in [0.15, 0.2) is 60.9 Å². The molecule has 1 aromatic carbocycles. The Morgan fingerprint density at radius 3 is 2.78 bits per heavy atom. The third-order valence-corrected chi connectivity index (χ3v) is 5.49. The number of aromatic amines is 1. The number of amides is 1. The van der Waals surface area contributed by atoms with Crippen molar-refractivity contribution in [3.63, 3.8) is 0 Å². The van der Waals surface area contributed by atoms with Crippen molar-refractivity contribution in [3.05, 3.63) is 77.2 Å². The third kappa shape index (κ3) is 3.47. The summed E-state index contributed by atoms with van der Waals surface area (Å²) in [5, 5.41) is 3.93. The van der Waals surface area contributed by atoms with E-state index < -0.39 is 0 Å². The number of nitrogens with two attached hydrogens (primary N) is 1. The highest BCUT2D eigenvalue weighted by atomic mass is 32.1. The highest BCUT2D eigenvalue weighted by Crippen LogP contribution is 2.32. The minimum Gasteiger partial charge on any atom is -0.346 e. The highest BCUT2D eigenvalue weighted by molar-refractivity contribution is 7.17. The number of nitrogens with zero attached hydrogens (tertiary/aromatic N) is 1. The molecule has 0 saturated carbocycles. The molecule has 1 unspecified atom stereocenters. The van der Waals surface area contributed by atoms with Crippen molar-refractivity contribution in [1.29, 1.82) is 0 Å². The van der Waals surface area contributed by atoms with Gasteiger partial charge in [-0.05, 0) is 42.0 Å². The lowest BCUT2D eigenvalue weighted by atomic mass is 10.1. The minimum absolute atomic E-state index is 0.203. The van der Waals surface area contributed by atoms with Gasteiger partial charge in [0.05, 0.1) is 10.9 Å². The maximum atomic E-state index is 13.1. The second-order valence-electron chi connectivity index (χ2n) is 6.08. The van der Waals surface area contributed by atoms with Gasteiger partial charge in [0.2, 0.25) is 0 Å². The Morgan fingerprint density at radius 1 is 1.19 bits per heavy atom. The summed E-state index contributed by atoms with van der Waals surface area (Å²) in [6.45, 7) is 0.226. The summed E-state index contributed by atoms with van der Waals surface area (Å²) < 4.78 is 13.1. The Balaban J connectivity index is 1.56. The molecule has 0 aliphatic carbocycles. The standard InChI is InChI=1S/C20H17FN4OS/c21-13-3-1-12(2-4-13)16(11-22)25-20(26)18-6-5-17(27-18)14-7-9-23-19-15(14)8-10-24-19/h1-10,16H,11,22H2,(H,23,24)(H,25,26). The lowest BCUT2D eigenvalue weighted by molar-refractivity contribution is 0.0942. The van der Waals surface area contributed by atoms with E-state index in [1.54, 1.807) is 24.4 Å². The van der Waals surface area contributed by atoms with E-state index in [0.717, 1.165) is 27.0 Å². The topological polar surface area (TPSA) is 83.8 Å². The largest absolute Gasteiger partial charge is 0.346 e. The number of H-pyrrole nitrogens is 1. The molecular formula is C20H17FN4OS. The summed E-state index contributed by atoms with van der Waals surface area (Å²) in [5.74, 6) is -0.525. The molecule has 0 saturated heterocycles. The Bertz CT molecular complexity index is 1090. The summed E-state index contributed by atoms with van der Waals surface area (Å²) in [4.78, 5) is 21.6. The SMILES string of the molecule is NCC(NC(=O)c1ccc(-c2ccnc3[nH]ccc23)s1)c1ccc(F)cc1. The van der Waals surface area contributed by atoms with Crippen molar-refractivity contribution in [1.82, 2.24) is 15.3 Å². The lowest BCUT2D eigenvalue weighted by Crippen LogP contribution is -2.32. The molecule has 7 heteroatoms. The van der Waals surface area contributed by atoms with E-state index in [4.69, 9.17) is 5.73 Å². The molecule has 4 N–H and O–H groups in total. The molecule has 0 bridgehead atoms. The Kier molecular flexibility index (Phi) is 4.70. The van der Waals surface area contributed by atoms with E-state index >= 15 is 0 Å². The molecule has 1 amide bonds. The molecule has 0 fully saturated rings. The number of pyridine rings is 1. The van der Waals surface area contributed by atoms with Crippen LogP contribution in [-0.2, 0) is 0 Å².